The molecule has 0 amide bonds. The van der Waals surface area contributed by atoms with Crippen molar-refractivity contribution in [2.75, 3.05) is 4.90 Å². The number of aryl methyl sites for hydroxylation is 1. The zero-order valence-electron chi connectivity index (χ0n) is 11.5. The van der Waals surface area contributed by atoms with E-state index in [0.717, 1.165) is 18.5 Å². The molecule has 0 fully saturated rings. The van der Waals surface area contributed by atoms with E-state index < -0.39 is 4.92 Å². The lowest BCUT2D eigenvalue weighted by molar-refractivity contribution is -0.384. The van der Waals surface area contributed by atoms with E-state index in [1.807, 2.05) is 36.1 Å². The van der Waals surface area contributed by atoms with E-state index in [9.17, 15) is 10.1 Å². The van der Waals surface area contributed by atoms with Gasteiger partial charge in [-0.05, 0) is 37.5 Å². The monoisotopic (exact) mass is 303 g/mol. The van der Waals surface area contributed by atoms with Crippen LogP contribution in [0.2, 0.25) is 5.15 Å². The molecule has 1 aliphatic heterocycles. The second kappa shape index (κ2) is 5.33. The van der Waals surface area contributed by atoms with Crippen molar-refractivity contribution in [1.82, 2.24) is 4.98 Å². The van der Waals surface area contributed by atoms with Crippen LogP contribution in [0.5, 0.6) is 0 Å². The molecule has 0 aliphatic carbocycles. The molecule has 0 radical (unpaired) electrons. The van der Waals surface area contributed by atoms with Crippen molar-refractivity contribution in [3.8, 4) is 0 Å². The number of nitrogens with zero attached hydrogens (tertiary/aromatic N) is 3. The molecule has 2 heterocycles. The normalized spacial score (nSPS) is 17.4. The van der Waals surface area contributed by atoms with Gasteiger partial charge in [0.15, 0.2) is 0 Å². The molecule has 1 aromatic carbocycles. The Hall–Kier alpha value is -2.14. The summed E-state index contributed by atoms with van der Waals surface area (Å²) in [5.74, 6) is 0.312. The van der Waals surface area contributed by atoms with Crippen molar-refractivity contribution in [3.63, 3.8) is 0 Å². The third-order valence-corrected chi connectivity index (χ3v) is 3.98. The van der Waals surface area contributed by atoms with E-state index in [4.69, 9.17) is 11.6 Å². The summed E-state index contributed by atoms with van der Waals surface area (Å²) in [7, 11) is 0. The van der Waals surface area contributed by atoms with Crippen LogP contribution in [0.15, 0.2) is 36.4 Å². The van der Waals surface area contributed by atoms with E-state index >= 15 is 0 Å². The highest BCUT2D eigenvalue weighted by atomic mass is 35.5. The van der Waals surface area contributed by atoms with Gasteiger partial charge in [-0.1, -0.05) is 29.8 Å². The smallest absolute Gasteiger partial charge is 0.312 e. The summed E-state index contributed by atoms with van der Waals surface area (Å²) < 4.78 is 0. The molecule has 0 saturated carbocycles. The molecule has 0 spiro atoms. The van der Waals surface area contributed by atoms with Crippen molar-refractivity contribution in [1.29, 1.82) is 0 Å². The fourth-order valence-electron chi connectivity index (χ4n) is 2.75. The van der Waals surface area contributed by atoms with Gasteiger partial charge in [-0.25, -0.2) is 4.98 Å². The largest absolute Gasteiger partial charge is 0.318 e. The number of rotatable bonds is 2. The number of anilines is 2. The predicted molar refractivity (Wildman–Crippen MR) is 82.3 cm³/mol. The summed E-state index contributed by atoms with van der Waals surface area (Å²) in [4.78, 5) is 17.0. The third kappa shape index (κ3) is 2.45. The Bertz CT molecular complexity index is 705. The van der Waals surface area contributed by atoms with Gasteiger partial charge in [0.2, 0.25) is 5.82 Å². The quantitative estimate of drug-likeness (QED) is 0.476. The lowest BCUT2D eigenvalue weighted by Crippen LogP contribution is -2.34. The van der Waals surface area contributed by atoms with Crippen LogP contribution in [-0.2, 0) is 6.42 Å². The summed E-state index contributed by atoms with van der Waals surface area (Å²) in [6.07, 6.45) is 1.88. The molecule has 5 nitrogen and oxygen atoms in total. The average molecular weight is 304 g/mol. The van der Waals surface area contributed by atoms with Crippen LogP contribution in [-0.4, -0.2) is 15.9 Å². The molecule has 1 unspecified atom stereocenters. The molecule has 108 valence electrons. The first-order valence-electron chi connectivity index (χ1n) is 6.76. The maximum atomic E-state index is 11.3. The minimum absolute atomic E-state index is 0.0250. The van der Waals surface area contributed by atoms with Crippen LogP contribution in [0.25, 0.3) is 0 Å². The molecule has 1 atom stereocenters. The number of hydrogen-bond acceptors (Lipinski definition) is 4. The Morgan fingerprint density at radius 3 is 2.86 bits per heavy atom. The highest BCUT2D eigenvalue weighted by Gasteiger charge is 2.30. The molecular formula is C15H14ClN3O2. The number of halogens is 1. The predicted octanol–water partition coefficient (Wildman–Crippen LogP) is 4.12. The van der Waals surface area contributed by atoms with Gasteiger partial charge < -0.3 is 4.90 Å². The van der Waals surface area contributed by atoms with Gasteiger partial charge in [0, 0.05) is 17.8 Å². The van der Waals surface area contributed by atoms with Gasteiger partial charge in [-0.15, -0.1) is 0 Å². The Morgan fingerprint density at radius 2 is 2.10 bits per heavy atom. The number of pyridine rings is 1. The molecule has 0 N–H and O–H groups in total. The number of benzene rings is 1. The first-order valence-corrected chi connectivity index (χ1v) is 7.14. The summed E-state index contributed by atoms with van der Waals surface area (Å²) in [6, 6.07) is 10.9. The van der Waals surface area contributed by atoms with Gasteiger partial charge in [-0.2, -0.15) is 0 Å². The molecule has 2 aromatic rings. The molecule has 1 aliphatic rings. The standard InChI is InChI=1S/C15H14ClN3O2/c1-10-6-7-11-4-2-3-5-12(11)18(10)15-13(19(20)21)8-9-14(16)17-15/h2-5,8-10H,6-7H2,1H3. The summed E-state index contributed by atoms with van der Waals surface area (Å²) >= 11 is 5.96. The Labute approximate surface area is 127 Å². The lowest BCUT2D eigenvalue weighted by atomic mass is 9.96. The zero-order valence-corrected chi connectivity index (χ0v) is 12.2. The molecule has 21 heavy (non-hydrogen) atoms. The number of para-hydroxylation sites is 1. The molecule has 1 aromatic heterocycles. The number of aromatic nitrogens is 1. The Morgan fingerprint density at radius 1 is 1.33 bits per heavy atom. The minimum Gasteiger partial charge on any atom is -0.318 e. The van der Waals surface area contributed by atoms with Crippen LogP contribution in [0, 0.1) is 10.1 Å². The minimum atomic E-state index is -0.414. The Kier molecular flexibility index (Phi) is 3.51. The van der Waals surface area contributed by atoms with E-state index in [1.165, 1.54) is 17.7 Å². The van der Waals surface area contributed by atoms with Gasteiger partial charge in [0.05, 0.1) is 4.92 Å². The molecule has 0 saturated heterocycles. The maximum absolute atomic E-state index is 11.3. The maximum Gasteiger partial charge on any atom is 0.312 e. The van der Waals surface area contributed by atoms with Crippen LogP contribution in [0.1, 0.15) is 18.9 Å². The first kappa shape index (κ1) is 13.8. The van der Waals surface area contributed by atoms with Gasteiger partial charge >= 0.3 is 5.69 Å². The zero-order chi connectivity index (χ0) is 15.0. The average Bonchev–Trinajstić information content (AvgIpc) is 2.46. The lowest BCUT2D eigenvalue weighted by Gasteiger charge is -2.35. The van der Waals surface area contributed by atoms with Crippen LogP contribution in [0.4, 0.5) is 17.2 Å². The van der Waals surface area contributed by atoms with Gasteiger partial charge in [-0.3, -0.25) is 10.1 Å². The fraction of sp³-hybridized carbons (Fsp3) is 0.267. The topological polar surface area (TPSA) is 59.3 Å². The van der Waals surface area contributed by atoms with E-state index in [2.05, 4.69) is 4.98 Å². The third-order valence-electron chi connectivity index (χ3n) is 3.77. The summed E-state index contributed by atoms with van der Waals surface area (Å²) in [6.45, 7) is 2.04. The Balaban J connectivity index is 2.20. The van der Waals surface area contributed by atoms with Crippen molar-refractivity contribution in [2.24, 2.45) is 0 Å². The van der Waals surface area contributed by atoms with Gasteiger partial charge in [0.25, 0.3) is 0 Å². The number of fused-ring (bicyclic) bond motifs is 1. The molecule has 6 heteroatoms. The molecule has 3 rings (SSSR count). The van der Waals surface area contributed by atoms with Crippen LogP contribution >= 0.6 is 11.6 Å². The van der Waals surface area contributed by atoms with Crippen molar-refractivity contribution in [3.05, 3.63) is 57.2 Å². The number of nitro groups is 1. The van der Waals surface area contributed by atoms with Crippen LogP contribution in [0.3, 0.4) is 0 Å². The van der Waals surface area contributed by atoms with E-state index in [-0.39, 0.29) is 16.9 Å². The second-order valence-corrected chi connectivity index (χ2v) is 5.51. The molecular weight excluding hydrogens is 290 g/mol. The first-order chi connectivity index (χ1) is 10.1. The van der Waals surface area contributed by atoms with Gasteiger partial charge in [0.1, 0.15) is 5.15 Å². The summed E-state index contributed by atoms with van der Waals surface area (Å²) in [5, 5.41) is 11.5. The highest BCUT2D eigenvalue weighted by Crippen LogP contribution is 2.40. The number of hydrogen-bond donors (Lipinski definition) is 0. The second-order valence-electron chi connectivity index (χ2n) is 5.12. The fourth-order valence-corrected chi connectivity index (χ4v) is 2.89. The van der Waals surface area contributed by atoms with Crippen molar-refractivity contribution in [2.45, 2.75) is 25.8 Å². The molecule has 0 bridgehead atoms. The van der Waals surface area contributed by atoms with Crippen LogP contribution < -0.4 is 4.90 Å². The van der Waals surface area contributed by atoms with E-state index in [1.54, 1.807) is 0 Å². The summed E-state index contributed by atoms with van der Waals surface area (Å²) in [5.41, 5.74) is 2.11. The van der Waals surface area contributed by atoms with Crippen molar-refractivity contribution < 1.29 is 4.92 Å². The van der Waals surface area contributed by atoms with Crippen molar-refractivity contribution >= 4 is 28.8 Å². The SMILES string of the molecule is CC1CCc2ccccc2N1c1nc(Cl)ccc1[N+](=O)[O-]. The highest BCUT2D eigenvalue weighted by molar-refractivity contribution is 6.29. The van der Waals surface area contributed by atoms with E-state index in [0.29, 0.717) is 5.82 Å².